The predicted octanol–water partition coefficient (Wildman–Crippen LogP) is 3.79. The minimum absolute atomic E-state index is 0.0652. The van der Waals surface area contributed by atoms with Gasteiger partial charge >= 0.3 is 0 Å². The van der Waals surface area contributed by atoms with Crippen LogP contribution in [0.5, 0.6) is 0 Å². The number of hydrogen-bond acceptors (Lipinski definition) is 1. The van der Waals surface area contributed by atoms with E-state index in [1.165, 1.54) is 11.1 Å². The Morgan fingerprint density at radius 2 is 1.64 bits per heavy atom. The van der Waals surface area contributed by atoms with Crippen LogP contribution in [0.25, 0.3) is 21.8 Å². The summed E-state index contributed by atoms with van der Waals surface area (Å²) in [5, 5.41) is 2.08. The van der Waals surface area contributed by atoms with E-state index in [1.54, 1.807) is 0 Å². The van der Waals surface area contributed by atoms with Gasteiger partial charge in [-0.2, -0.15) is 0 Å². The number of benzene rings is 2. The molecule has 0 atom stereocenters. The molecule has 0 bridgehead atoms. The van der Waals surface area contributed by atoms with Gasteiger partial charge < -0.3 is 9.97 Å². The molecule has 0 aliphatic heterocycles. The molecule has 0 radical (unpaired) electrons. The average molecular weight is 288 g/mol. The zero-order chi connectivity index (χ0) is 14.9. The summed E-state index contributed by atoms with van der Waals surface area (Å²) in [6, 6.07) is 18.7. The molecule has 4 rings (SSSR count). The third-order valence-electron chi connectivity index (χ3n) is 4.14. The van der Waals surface area contributed by atoms with Gasteiger partial charge in [-0.15, -0.1) is 0 Å². The van der Waals surface area contributed by atoms with Gasteiger partial charge in [-0.05, 0) is 42.2 Å². The van der Waals surface area contributed by atoms with Crippen molar-refractivity contribution in [3.8, 4) is 0 Å². The maximum Gasteiger partial charge on any atom is 0.272 e. The quantitative estimate of drug-likeness (QED) is 0.592. The Balaban J connectivity index is 1.74. The summed E-state index contributed by atoms with van der Waals surface area (Å²) in [4.78, 5) is 17.9. The molecular formula is C19H16N2O. The van der Waals surface area contributed by atoms with Crippen LogP contribution in [-0.2, 0) is 12.8 Å². The summed E-state index contributed by atoms with van der Waals surface area (Å²) in [5.74, 6) is 0. The number of rotatable bonds is 3. The van der Waals surface area contributed by atoms with Gasteiger partial charge in [-0.25, -0.2) is 0 Å². The minimum Gasteiger partial charge on any atom is -0.357 e. The van der Waals surface area contributed by atoms with E-state index in [0.717, 1.165) is 29.1 Å². The van der Waals surface area contributed by atoms with Crippen molar-refractivity contribution >= 4 is 21.8 Å². The van der Waals surface area contributed by atoms with Crippen LogP contribution in [0.2, 0.25) is 0 Å². The van der Waals surface area contributed by atoms with Crippen LogP contribution >= 0.6 is 0 Å². The normalized spacial score (nSPS) is 11.3. The van der Waals surface area contributed by atoms with Gasteiger partial charge in [0.1, 0.15) is 5.52 Å². The molecule has 2 N–H and O–H groups in total. The molecule has 4 aromatic rings. The Kier molecular flexibility index (Phi) is 3.04. The Hall–Kier alpha value is -2.81. The molecule has 0 amide bonds. The van der Waals surface area contributed by atoms with Crippen molar-refractivity contribution < 1.29 is 0 Å². The van der Waals surface area contributed by atoms with Gasteiger partial charge in [0.05, 0.1) is 0 Å². The fourth-order valence-electron chi connectivity index (χ4n) is 2.98. The third-order valence-corrected chi connectivity index (χ3v) is 4.14. The summed E-state index contributed by atoms with van der Waals surface area (Å²) in [7, 11) is 0. The molecule has 2 aromatic carbocycles. The fourth-order valence-corrected chi connectivity index (χ4v) is 2.98. The molecule has 22 heavy (non-hydrogen) atoms. The van der Waals surface area contributed by atoms with E-state index in [-0.39, 0.29) is 5.56 Å². The lowest BCUT2D eigenvalue weighted by Crippen LogP contribution is -2.06. The molecule has 0 saturated heterocycles. The Labute approximate surface area is 127 Å². The largest absolute Gasteiger partial charge is 0.357 e. The van der Waals surface area contributed by atoms with Gasteiger partial charge in [0, 0.05) is 22.5 Å². The molecule has 0 spiro atoms. The summed E-state index contributed by atoms with van der Waals surface area (Å²) in [6.45, 7) is 0. The highest BCUT2D eigenvalue weighted by Crippen LogP contribution is 2.22. The number of fused-ring (bicyclic) bond motifs is 3. The second-order valence-electron chi connectivity index (χ2n) is 5.59. The smallest absolute Gasteiger partial charge is 0.272 e. The third kappa shape index (κ3) is 2.21. The molecule has 0 unspecified atom stereocenters. The second-order valence-corrected chi connectivity index (χ2v) is 5.59. The molecule has 0 saturated carbocycles. The number of aromatic nitrogens is 2. The highest BCUT2D eigenvalue weighted by Gasteiger charge is 2.06. The highest BCUT2D eigenvalue weighted by atomic mass is 16.1. The zero-order valence-electron chi connectivity index (χ0n) is 12.1. The number of pyridine rings is 1. The summed E-state index contributed by atoms with van der Waals surface area (Å²) in [6.07, 6.45) is 3.83. The van der Waals surface area contributed by atoms with Gasteiger partial charge in [-0.1, -0.05) is 36.4 Å². The average Bonchev–Trinajstić information content (AvgIpc) is 3.05. The van der Waals surface area contributed by atoms with E-state index >= 15 is 0 Å². The van der Waals surface area contributed by atoms with Crippen molar-refractivity contribution in [1.29, 1.82) is 0 Å². The molecule has 2 aromatic heterocycles. The van der Waals surface area contributed by atoms with Crippen molar-refractivity contribution in [1.82, 2.24) is 9.97 Å². The first-order valence-electron chi connectivity index (χ1n) is 7.47. The lowest BCUT2D eigenvalue weighted by Gasteiger charge is -2.05. The van der Waals surface area contributed by atoms with Gasteiger partial charge in [0.25, 0.3) is 5.56 Å². The van der Waals surface area contributed by atoms with Gasteiger partial charge in [0.15, 0.2) is 0 Å². The van der Waals surface area contributed by atoms with Crippen LogP contribution in [0.1, 0.15) is 11.1 Å². The molecule has 3 heteroatoms. The van der Waals surface area contributed by atoms with E-state index in [2.05, 4.69) is 46.4 Å². The number of H-pyrrole nitrogens is 2. The predicted molar refractivity (Wildman–Crippen MR) is 90.3 cm³/mol. The topological polar surface area (TPSA) is 48.6 Å². The Bertz CT molecular complexity index is 996. The van der Waals surface area contributed by atoms with Crippen LogP contribution in [-0.4, -0.2) is 9.97 Å². The highest BCUT2D eigenvalue weighted by molar-refractivity contribution is 6.04. The first kappa shape index (κ1) is 12.9. The van der Waals surface area contributed by atoms with E-state index < -0.39 is 0 Å². The van der Waals surface area contributed by atoms with Crippen LogP contribution < -0.4 is 5.56 Å². The van der Waals surface area contributed by atoms with Crippen molar-refractivity contribution in [2.75, 3.05) is 0 Å². The van der Waals surface area contributed by atoms with E-state index in [0.29, 0.717) is 5.52 Å². The first-order valence-corrected chi connectivity index (χ1v) is 7.47. The molecule has 0 aliphatic rings. The lowest BCUT2D eigenvalue weighted by molar-refractivity contribution is 0.962. The summed E-state index contributed by atoms with van der Waals surface area (Å²) < 4.78 is 0. The summed E-state index contributed by atoms with van der Waals surface area (Å²) in [5.41, 5.74) is 4.10. The molecule has 0 aliphatic carbocycles. The molecule has 2 heterocycles. The number of nitrogens with one attached hydrogen (secondary N) is 2. The molecular weight excluding hydrogens is 272 g/mol. The maximum absolute atomic E-state index is 12.0. The molecule has 3 nitrogen and oxygen atoms in total. The van der Waals surface area contributed by atoms with Crippen LogP contribution in [0.15, 0.2) is 65.6 Å². The number of aromatic amines is 2. The van der Waals surface area contributed by atoms with Gasteiger partial charge in [-0.3, -0.25) is 4.79 Å². The number of aryl methyl sites for hydroxylation is 2. The second kappa shape index (κ2) is 5.19. The number of hydrogen-bond donors (Lipinski definition) is 2. The van der Waals surface area contributed by atoms with Crippen LogP contribution in [0.4, 0.5) is 0 Å². The molecule has 108 valence electrons. The fraction of sp³-hybridized carbons (Fsp3) is 0.105. The SMILES string of the molecule is O=c1[nH]c2ccc(CCc3ccccc3)cc2c2cc[nH]c12. The van der Waals surface area contributed by atoms with Gasteiger partial charge in [0.2, 0.25) is 0 Å². The minimum atomic E-state index is -0.0652. The van der Waals surface area contributed by atoms with Crippen LogP contribution in [0, 0.1) is 0 Å². The zero-order valence-corrected chi connectivity index (χ0v) is 12.1. The monoisotopic (exact) mass is 288 g/mol. The van der Waals surface area contributed by atoms with Crippen molar-refractivity contribution in [3.63, 3.8) is 0 Å². The van der Waals surface area contributed by atoms with Crippen molar-refractivity contribution in [2.24, 2.45) is 0 Å². The summed E-state index contributed by atoms with van der Waals surface area (Å²) >= 11 is 0. The van der Waals surface area contributed by atoms with Crippen molar-refractivity contribution in [2.45, 2.75) is 12.8 Å². The Morgan fingerprint density at radius 3 is 2.50 bits per heavy atom. The van der Waals surface area contributed by atoms with Crippen molar-refractivity contribution in [3.05, 3.63) is 82.3 Å². The van der Waals surface area contributed by atoms with E-state index in [9.17, 15) is 4.79 Å². The maximum atomic E-state index is 12.0. The molecule has 0 fully saturated rings. The standard InChI is InChI=1S/C19H16N2O/c22-19-18-15(10-11-20-18)16-12-14(8-9-17(16)21-19)7-6-13-4-2-1-3-5-13/h1-5,8-12,20H,6-7H2,(H,21,22). The van der Waals surface area contributed by atoms with Crippen LogP contribution in [0.3, 0.4) is 0 Å². The first-order chi connectivity index (χ1) is 10.8. The lowest BCUT2D eigenvalue weighted by atomic mass is 10.0. The van der Waals surface area contributed by atoms with E-state index in [1.807, 2.05) is 24.4 Å². The van der Waals surface area contributed by atoms with E-state index in [4.69, 9.17) is 0 Å². The Morgan fingerprint density at radius 1 is 0.818 bits per heavy atom.